The van der Waals surface area contributed by atoms with Gasteiger partial charge in [-0.05, 0) is 30.7 Å². The highest BCUT2D eigenvalue weighted by Gasteiger charge is 2.08. The second-order valence-electron chi connectivity index (χ2n) is 3.80. The molecule has 4 nitrogen and oxygen atoms in total. The Morgan fingerprint density at radius 3 is 2.47 bits per heavy atom. The van der Waals surface area contributed by atoms with Crippen molar-refractivity contribution in [1.82, 2.24) is 9.97 Å². The lowest BCUT2D eigenvalue weighted by Crippen LogP contribution is -2.23. The van der Waals surface area contributed by atoms with Crippen LogP contribution in [0, 0.1) is 0 Å². The fourth-order valence-corrected chi connectivity index (χ4v) is 1.76. The first-order valence-corrected chi connectivity index (χ1v) is 5.64. The molecule has 0 aliphatic carbocycles. The number of nitrogens with two attached hydrogens (primary N) is 1. The topological polar surface area (TPSA) is 55.0 Å². The normalized spacial score (nSPS) is 10.2. The summed E-state index contributed by atoms with van der Waals surface area (Å²) in [6.45, 7) is 3.84. The molecule has 2 N–H and O–H groups in total. The average Bonchev–Trinajstić information content (AvgIpc) is 2.38. The quantitative estimate of drug-likeness (QED) is 0.870. The van der Waals surface area contributed by atoms with E-state index in [1.165, 1.54) is 5.56 Å². The van der Waals surface area contributed by atoms with Gasteiger partial charge in [-0.25, -0.2) is 0 Å². The molecule has 0 saturated heterocycles. The summed E-state index contributed by atoms with van der Waals surface area (Å²) in [5.74, 6) is 0. The molecule has 0 atom stereocenters. The number of anilines is 2. The summed E-state index contributed by atoms with van der Waals surface area (Å²) in [4.78, 5) is 10.2. The number of rotatable bonds is 4. The van der Waals surface area contributed by atoms with Crippen molar-refractivity contribution >= 4 is 11.4 Å². The average molecular weight is 228 g/mol. The second-order valence-corrected chi connectivity index (χ2v) is 3.80. The van der Waals surface area contributed by atoms with Gasteiger partial charge in [0.15, 0.2) is 0 Å². The summed E-state index contributed by atoms with van der Waals surface area (Å²) in [7, 11) is 0. The molecule has 2 aromatic rings. The van der Waals surface area contributed by atoms with Crippen LogP contribution in [0.4, 0.5) is 11.4 Å². The van der Waals surface area contributed by atoms with Gasteiger partial charge in [0.1, 0.15) is 0 Å². The second kappa shape index (κ2) is 5.30. The molecule has 0 aliphatic heterocycles. The van der Waals surface area contributed by atoms with Gasteiger partial charge in [0.25, 0.3) is 0 Å². The number of nitrogens with zero attached hydrogens (tertiary/aromatic N) is 3. The SMILES string of the molecule is CCN(Cc1ccncc1)c1ccncc1N. The van der Waals surface area contributed by atoms with E-state index in [-0.39, 0.29) is 0 Å². The number of pyridine rings is 2. The standard InChI is InChI=1S/C13H16N4/c1-2-17(10-11-3-6-15-7-4-11)13-5-8-16-9-12(13)14/h3-9H,2,10,14H2,1H3. The third-order valence-electron chi connectivity index (χ3n) is 2.67. The molecule has 0 spiro atoms. The lowest BCUT2D eigenvalue weighted by Gasteiger charge is -2.24. The number of hydrogen-bond donors (Lipinski definition) is 1. The maximum Gasteiger partial charge on any atom is 0.0738 e. The van der Waals surface area contributed by atoms with Gasteiger partial charge in [-0.1, -0.05) is 0 Å². The third kappa shape index (κ3) is 2.72. The van der Waals surface area contributed by atoms with Gasteiger partial charge in [-0.2, -0.15) is 0 Å². The molecule has 0 fully saturated rings. The summed E-state index contributed by atoms with van der Waals surface area (Å²) in [5, 5.41) is 0. The number of nitrogen functional groups attached to an aromatic ring is 1. The van der Waals surface area contributed by atoms with Crippen LogP contribution in [0.25, 0.3) is 0 Å². The summed E-state index contributed by atoms with van der Waals surface area (Å²) < 4.78 is 0. The summed E-state index contributed by atoms with van der Waals surface area (Å²) in [6.07, 6.45) is 7.06. The first-order chi connectivity index (χ1) is 8.31. The first kappa shape index (κ1) is 11.4. The van der Waals surface area contributed by atoms with Crippen molar-refractivity contribution in [2.45, 2.75) is 13.5 Å². The largest absolute Gasteiger partial charge is 0.396 e. The van der Waals surface area contributed by atoms with E-state index in [1.807, 2.05) is 18.2 Å². The van der Waals surface area contributed by atoms with Crippen LogP contribution in [-0.4, -0.2) is 16.5 Å². The van der Waals surface area contributed by atoms with Gasteiger partial charge in [0.05, 0.1) is 17.6 Å². The van der Waals surface area contributed by atoms with Crippen molar-refractivity contribution in [3.05, 3.63) is 48.5 Å². The van der Waals surface area contributed by atoms with Gasteiger partial charge in [-0.3, -0.25) is 9.97 Å². The molecule has 2 rings (SSSR count). The van der Waals surface area contributed by atoms with Crippen molar-refractivity contribution < 1.29 is 0 Å². The summed E-state index contributed by atoms with van der Waals surface area (Å²) in [6, 6.07) is 5.97. The Morgan fingerprint density at radius 1 is 1.12 bits per heavy atom. The molecule has 2 heterocycles. The van der Waals surface area contributed by atoms with Crippen LogP contribution in [0.3, 0.4) is 0 Å². The number of hydrogen-bond acceptors (Lipinski definition) is 4. The van der Waals surface area contributed by atoms with Crippen LogP contribution in [0.2, 0.25) is 0 Å². The van der Waals surface area contributed by atoms with Crippen LogP contribution >= 0.6 is 0 Å². The maximum atomic E-state index is 5.93. The van der Waals surface area contributed by atoms with E-state index >= 15 is 0 Å². The Balaban J connectivity index is 2.21. The molecule has 17 heavy (non-hydrogen) atoms. The molecule has 0 aromatic carbocycles. The molecule has 2 aromatic heterocycles. The monoisotopic (exact) mass is 228 g/mol. The van der Waals surface area contributed by atoms with E-state index in [1.54, 1.807) is 24.8 Å². The van der Waals surface area contributed by atoms with Crippen LogP contribution in [0.1, 0.15) is 12.5 Å². The number of aromatic nitrogens is 2. The Hall–Kier alpha value is -2.10. The highest BCUT2D eigenvalue weighted by atomic mass is 15.1. The van der Waals surface area contributed by atoms with Gasteiger partial charge in [-0.15, -0.1) is 0 Å². The maximum absolute atomic E-state index is 5.93. The van der Waals surface area contributed by atoms with Crippen molar-refractivity contribution in [2.24, 2.45) is 0 Å². The third-order valence-corrected chi connectivity index (χ3v) is 2.67. The van der Waals surface area contributed by atoms with Crippen molar-refractivity contribution in [3.8, 4) is 0 Å². The molecule has 0 unspecified atom stereocenters. The summed E-state index contributed by atoms with van der Waals surface area (Å²) in [5.41, 5.74) is 8.89. The molecule has 0 amide bonds. The zero-order valence-electron chi connectivity index (χ0n) is 9.87. The zero-order chi connectivity index (χ0) is 12.1. The molecular weight excluding hydrogens is 212 g/mol. The fraction of sp³-hybridized carbons (Fsp3) is 0.231. The van der Waals surface area contributed by atoms with Crippen LogP contribution in [-0.2, 0) is 6.54 Å². The van der Waals surface area contributed by atoms with Crippen LogP contribution < -0.4 is 10.6 Å². The molecule has 0 saturated carbocycles. The van der Waals surface area contributed by atoms with Crippen molar-refractivity contribution in [1.29, 1.82) is 0 Å². The highest BCUT2D eigenvalue weighted by Crippen LogP contribution is 2.22. The van der Waals surface area contributed by atoms with Gasteiger partial charge in [0.2, 0.25) is 0 Å². The molecular formula is C13H16N4. The molecule has 4 heteroatoms. The summed E-state index contributed by atoms with van der Waals surface area (Å²) >= 11 is 0. The van der Waals surface area contributed by atoms with Crippen LogP contribution in [0.15, 0.2) is 43.0 Å². The van der Waals surface area contributed by atoms with Gasteiger partial charge < -0.3 is 10.6 Å². The van der Waals surface area contributed by atoms with E-state index in [0.717, 1.165) is 18.8 Å². The first-order valence-electron chi connectivity index (χ1n) is 5.64. The van der Waals surface area contributed by atoms with E-state index in [9.17, 15) is 0 Å². The minimum absolute atomic E-state index is 0.711. The lowest BCUT2D eigenvalue weighted by atomic mass is 10.2. The Bertz CT molecular complexity index is 470. The fourth-order valence-electron chi connectivity index (χ4n) is 1.76. The minimum atomic E-state index is 0.711. The molecule has 0 radical (unpaired) electrons. The Morgan fingerprint density at radius 2 is 1.82 bits per heavy atom. The predicted octanol–water partition coefficient (Wildman–Crippen LogP) is 2.09. The zero-order valence-corrected chi connectivity index (χ0v) is 9.87. The minimum Gasteiger partial charge on any atom is -0.396 e. The molecule has 0 aliphatic rings. The molecule has 88 valence electrons. The van der Waals surface area contributed by atoms with Gasteiger partial charge >= 0.3 is 0 Å². The van der Waals surface area contributed by atoms with E-state index in [4.69, 9.17) is 5.73 Å². The highest BCUT2D eigenvalue weighted by molar-refractivity contribution is 5.65. The Labute approximate surface area is 101 Å². The Kier molecular flexibility index (Phi) is 3.55. The smallest absolute Gasteiger partial charge is 0.0738 e. The van der Waals surface area contributed by atoms with Crippen LogP contribution in [0.5, 0.6) is 0 Å². The van der Waals surface area contributed by atoms with E-state index in [2.05, 4.69) is 21.8 Å². The van der Waals surface area contributed by atoms with E-state index in [0.29, 0.717) is 5.69 Å². The predicted molar refractivity (Wildman–Crippen MR) is 69.6 cm³/mol. The molecule has 0 bridgehead atoms. The van der Waals surface area contributed by atoms with Crippen molar-refractivity contribution in [2.75, 3.05) is 17.2 Å². The van der Waals surface area contributed by atoms with Gasteiger partial charge in [0, 0.05) is 31.7 Å². The van der Waals surface area contributed by atoms with E-state index < -0.39 is 0 Å². The lowest BCUT2D eigenvalue weighted by molar-refractivity contribution is 0.830. The van der Waals surface area contributed by atoms with Crippen molar-refractivity contribution in [3.63, 3.8) is 0 Å².